The van der Waals surface area contributed by atoms with Gasteiger partial charge in [-0.2, -0.15) is 13.2 Å². The number of alkyl halides is 3. The molecule has 0 aliphatic heterocycles. The van der Waals surface area contributed by atoms with E-state index in [1.54, 1.807) is 31.5 Å². The summed E-state index contributed by atoms with van der Waals surface area (Å²) in [6.45, 7) is 0.671. The van der Waals surface area contributed by atoms with Gasteiger partial charge in [0.2, 0.25) is 0 Å². The minimum Gasteiger partial charge on any atom is -0.493 e. The van der Waals surface area contributed by atoms with E-state index >= 15 is 0 Å². The molecule has 2 aromatic heterocycles. The number of nitrogens with two attached hydrogens (primary N) is 1. The Morgan fingerprint density at radius 3 is 2.76 bits per heavy atom. The molecular formula is C21H23F3N2O3. The van der Waals surface area contributed by atoms with Gasteiger partial charge in [0.15, 0.2) is 0 Å². The molecule has 0 aliphatic carbocycles. The maximum absolute atomic E-state index is 12.3. The molecule has 0 saturated heterocycles. The molecule has 5 nitrogen and oxygen atoms in total. The van der Waals surface area contributed by atoms with E-state index in [0.29, 0.717) is 29.3 Å². The summed E-state index contributed by atoms with van der Waals surface area (Å²) in [6, 6.07) is 9.02. The van der Waals surface area contributed by atoms with Crippen molar-refractivity contribution in [2.24, 2.45) is 5.73 Å². The number of fused-ring (bicyclic) bond motifs is 1. The van der Waals surface area contributed by atoms with Gasteiger partial charge in [-0.3, -0.25) is 4.98 Å². The lowest BCUT2D eigenvalue weighted by Crippen LogP contribution is -2.16. The van der Waals surface area contributed by atoms with Crippen LogP contribution in [0.15, 0.2) is 47.1 Å². The van der Waals surface area contributed by atoms with Gasteiger partial charge in [0.05, 0.1) is 12.0 Å². The number of halogens is 3. The second-order valence-corrected chi connectivity index (χ2v) is 6.77. The van der Waals surface area contributed by atoms with E-state index in [1.807, 2.05) is 18.2 Å². The van der Waals surface area contributed by atoms with Crippen LogP contribution in [0.5, 0.6) is 5.75 Å². The molecule has 0 bridgehead atoms. The summed E-state index contributed by atoms with van der Waals surface area (Å²) < 4.78 is 53.1. The zero-order chi connectivity index (χ0) is 20.9. The Morgan fingerprint density at radius 2 is 2.03 bits per heavy atom. The normalized spacial score (nSPS) is 13.0. The number of hydrogen-bond donors (Lipinski definition) is 1. The van der Waals surface area contributed by atoms with E-state index in [2.05, 4.69) is 4.98 Å². The largest absolute Gasteiger partial charge is 0.493 e. The average Bonchev–Trinajstić information content (AvgIpc) is 3.01. The first-order valence-electron chi connectivity index (χ1n) is 9.29. The number of pyridine rings is 1. The number of hydrogen-bond acceptors (Lipinski definition) is 5. The highest BCUT2D eigenvalue weighted by atomic mass is 19.4. The predicted octanol–water partition coefficient (Wildman–Crippen LogP) is 5.07. The summed E-state index contributed by atoms with van der Waals surface area (Å²) in [4.78, 5) is 4.07. The number of nitrogens with zero attached hydrogens (tertiary/aromatic N) is 1. The van der Waals surface area contributed by atoms with Gasteiger partial charge >= 0.3 is 6.18 Å². The first kappa shape index (κ1) is 21.1. The zero-order valence-corrected chi connectivity index (χ0v) is 16.0. The molecule has 0 saturated carbocycles. The molecule has 2 N–H and O–H groups in total. The van der Waals surface area contributed by atoms with Crippen LogP contribution in [0.3, 0.4) is 0 Å². The number of rotatable bonds is 9. The third kappa shape index (κ3) is 5.71. The van der Waals surface area contributed by atoms with Crippen LogP contribution in [0, 0.1) is 6.92 Å². The molecule has 1 aromatic carbocycles. The Balaban J connectivity index is 1.59. The molecule has 3 rings (SSSR count). The van der Waals surface area contributed by atoms with E-state index in [1.165, 1.54) is 0 Å². The molecule has 0 fully saturated rings. The van der Waals surface area contributed by atoms with Crippen LogP contribution in [0.4, 0.5) is 13.2 Å². The van der Waals surface area contributed by atoms with Crippen LogP contribution in [0.2, 0.25) is 0 Å². The van der Waals surface area contributed by atoms with Crippen molar-refractivity contribution in [1.82, 2.24) is 4.98 Å². The second kappa shape index (κ2) is 9.28. The Hall–Kier alpha value is -2.58. The Bertz CT molecular complexity index is 926. The second-order valence-electron chi connectivity index (χ2n) is 6.77. The fourth-order valence-electron chi connectivity index (χ4n) is 3.08. The number of ether oxygens (including phenoxy) is 2. The highest BCUT2D eigenvalue weighted by molar-refractivity contribution is 5.88. The highest BCUT2D eigenvalue weighted by Crippen LogP contribution is 2.34. The molecule has 1 unspecified atom stereocenters. The van der Waals surface area contributed by atoms with Gasteiger partial charge in [-0.05, 0) is 43.5 Å². The third-order valence-electron chi connectivity index (χ3n) is 4.54. The molecule has 0 radical (unpaired) electrons. The van der Waals surface area contributed by atoms with E-state index in [-0.39, 0.29) is 12.6 Å². The monoisotopic (exact) mass is 408 g/mol. The number of benzene rings is 1. The fourth-order valence-corrected chi connectivity index (χ4v) is 3.08. The average molecular weight is 408 g/mol. The molecular weight excluding hydrogens is 385 g/mol. The third-order valence-corrected chi connectivity index (χ3v) is 4.54. The Kier molecular flexibility index (Phi) is 6.76. The Morgan fingerprint density at radius 1 is 1.21 bits per heavy atom. The lowest BCUT2D eigenvalue weighted by Gasteiger charge is -2.12. The standard InChI is InChI=1S/C21H23F3N2O3/c1-14-19(12-27-13-21(22,23)24)29-18-8-2-7-17(20(14)18)28-10-4-6-16(25)15-5-3-9-26-11-15/h2-3,5,7-9,11,16H,4,6,10,12-13,25H2,1H3. The smallest absolute Gasteiger partial charge is 0.411 e. The molecule has 156 valence electrons. The molecule has 0 aliphatic rings. The molecule has 0 spiro atoms. The molecule has 1 atom stereocenters. The fraction of sp³-hybridized carbons (Fsp3) is 0.381. The van der Waals surface area contributed by atoms with Crippen LogP contribution in [-0.2, 0) is 11.3 Å². The van der Waals surface area contributed by atoms with Crippen LogP contribution in [-0.4, -0.2) is 24.4 Å². The highest BCUT2D eigenvalue weighted by Gasteiger charge is 2.28. The van der Waals surface area contributed by atoms with Crippen molar-refractivity contribution in [2.75, 3.05) is 13.2 Å². The van der Waals surface area contributed by atoms with Gasteiger partial charge < -0.3 is 19.6 Å². The van der Waals surface area contributed by atoms with Crippen molar-refractivity contribution in [2.45, 2.75) is 38.6 Å². The summed E-state index contributed by atoms with van der Waals surface area (Å²) >= 11 is 0. The summed E-state index contributed by atoms with van der Waals surface area (Å²) in [5, 5.41) is 0.745. The lowest BCUT2D eigenvalue weighted by atomic mass is 10.1. The van der Waals surface area contributed by atoms with Crippen molar-refractivity contribution in [3.8, 4) is 5.75 Å². The van der Waals surface area contributed by atoms with Crippen molar-refractivity contribution >= 4 is 11.0 Å². The van der Waals surface area contributed by atoms with Crippen LogP contribution in [0.1, 0.15) is 35.8 Å². The van der Waals surface area contributed by atoms with Gasteiger partial charge in [0, 0.05) is 24.0 Å². The van der Waals surface area contributed by atoms with E-state index in [9.17, 15) is 13.2 Å². The zero-order valence-electron chi connectivity index (χ0n) is 16.0. The summed E-state index contributed by atoms with van der Waals surface area (Å²) in [7, 11) is 0. The first-order valence-corrected chi connectivity index (χ1v) is 9.29. The van der Waals surface area contributed by atoms with Gasteiger partial charge in [0.25, 0.3) is 0 Å². The Labute approximate surface area is 166 Å². The number of aromatic nitrogens is 1. The quantitative estimate of drug-likeness (QED) is 0.501. The number of aryl methyl sites for hydroxylation is 1. The predicted molar refractivity (Wildman–Crippen MR) is 103 cm³/mol. The SMILES string of the molecule is Cc1c(COCC(F)(F)F)oc2cccc(OCCCC(N)c3cccnc3)c12. The minimum atomic E-state index is -4.37. The van der Waals surface area contributed by atoms with Crippen molar-refractivity contribution in [1.29, 1.82) is 0 Å². The molecule has 3 aromatic rings. The maximum Gasteiger partial charge on any atom is 0.411 e. The lowest BCUT2D eigenvalue weighted by molar-refractivity contribution is -0.177. The van der Waals surface area contributed by atoms with Crippen LogP contribution in [0.25, 0.3) is 11.0 Å². The molecule has 8 heteroatoms. The first-order chi connectivity index (χ1) is 13.8. The maximum atomic E-state index is 12.3. The van der Waals surface area contributed by atoms with Crippen molar-refractivity contribution in [3.63, 3.8) is 0 Å². The van der Waals surface area contributed by atoms with E-state index in [0.717, 1.165) is 23.8 Å². The summed E-state index contributed by atoms with van der Waals surface area (Å²) in [5.41, 5.74) is 8.41. The van der Waals surface area contributed by atoms with Crippen LogP contribution >= 0.6 is 0 Å². The topological polar surface area (TPSA) is 70.5 Å². The van der Waals surface area contributed by atoms with Gasteiger partial charge in [-0.15, -0.1) is 0 Å². The summed E-state index contributed by atoms with van der Waals surface area (Å²) in [6.07, 6.45) is 0.567. The molecule has 0 amide bonds. The number of furan rings is 1. The van der Waals surface area contributed by atoms with E-state index < -0.39 is 12.8 Å². The van der Waals surface area contributed by atoms with Gasteiger partial charge in [-0.1, -0.05) is 12.1 Å². The van der Waals surface area contributed by atoms with Gasteiger partial charge in [-0.25, -0.2) is 0 Å². The van der Waals surface area contributed by atoms with Crippen molar-refractivity contribution < 1.29 is 27.1 Å². The van der Waals surface area contributed by atoms with Gasteiger partial charge in [0.1, 0.15) is 30.3 Å². The van der Waals surface area contributed by atoms with Crippen molar-refractivity contribution in [3.05, 3.63) is 59.6 Å². The minimum absolute atomic E-state index is 0.115. The molecule has 2 heterocycles. The molecule has 29 heavy (non-hydrogen) atoms. The van der Waals surface area contributed by atoms with E-state index in [4.69, 9.17) is 19.6 Å². The van der Waals surface area contributed by atoms with Crippen LogP contribution < -0.4 is 10.5 Å². The summed E-state index contributed by atoms with van der Waals surface area (Å²) in [5.74, 6) is 0.986.